The summed E-state index contributed by atoms with van der Waals surface area (Å²) in [4.78, 5) is 29.1. The van der Waals surface area contributed by atoms with E-state index in [0.29, 0.717) is 5.69 Å². The van der Waals surface area contributed by atoms with Gasteiger partial charge in [0.15, 0.2) is 11.3 Å². The Kier molecular flexibility index (Phi) is 3.56. The van der Waals surface area contributed by atoms with Gasteiger partial charge in [0, 0.05) is 18.5 Å². The highest BCUT2D eigenvalue weighted by molar-refractivity contribution is 5.95. The number of benzene rings is 1. The highest BCUT2D eigenvalue weighted by atomic mass is 16.6. The Bertz CT molecular complexity index is 687. The van der Waals surface area contributed by atoms with E-state index in [0.717, 1.165) is 6.07 Å². The van der Waals surface area contributed by atoms with Crippen molar-refractivity contribution in [1.29, 1.82) is 0 Å². The van der Waals surface area contributed by atoms with Crippen LogP contribution in [0.5, 0.6) is 11.6 Å². The molecule has 0 saturated heterocycles. The van der Waals surface area contributed by atoms with Crippen molar-refractivity contribution >= 4 is 11.7 Å². The predicted molar refractivity (Wildman–Crippen MR) is 66.9 cm³/mol. The van der Waals surface area contributed by atoms with Gasteiger partial charge in [0.25, 0.3) is 5.69 Å². The summed E-state index contributed by atoms with van der Waals surface area (Å²) in [6.07, 6.45) is 2.83. The molecular formula is C12H9N3O5. The smallest absolute Gasteiger partial charge is 0.346 e. The number of nitrogens with zero attached hydrogens (tertiary/aromatic N) is 3. The van der Waals surface area contributed by atoms with E-state index in [1.807, 2.05) is 0 Å². The third kappa shape index (κ3) is 2.53. The number of hydrogen-bond acceptors (Lipinski definition) is 6. The van der Waals surface area contributed by atoms with E-state index in [2.05, 4.69) is 9.97 Å². The Labute approximate surface area is 112 Å². The molecule has 1 aromatic heterocycles. The van der Waals surface area contributed by atoms with E-state index in [1.165, 1.54) is 24.5 Å². The number of aryl methyl sites for hydroxylation is 1. The maximum Gasteiger partial charge on any atom is 0.346 e. The van der Waals surface area contributed by atoms with Crippen LogP contribution in [0.4, 0.5) is 5.69 Å². The fourth-order valence-corrected chi connectivity index (χ4v) is 1.57. The summed E-state index contributed by atoms with van der Waals surface area (Å²) in [7, 11) is 0. The fourth-order valence-electron chi connectivity index (χ4n) is 1.57. The number of nitro benzene ring substituents is 1. The Balaban J connectivity index is 2.52. The van der Waals surface area contributed by atoms with Crippen LogP contribution in [-0.4, -0.2) is 26.0 Å². The number of hydrogen-bond donors (Lipinski definition) is 1. The van der Waals surface area contributed by atoms with Crippen LogP contribution in [0.25, 0.3) is 0 Å². The second-order valence-corrected chi connectivity index (χ2v) is 3.76. The molecule has 0 aliphatic rings. The highest BCUT2D eigenvalue weighted by Crippen LogP contribution is 2.31. The molecule has 1 heterocycles. The van der Waals surface area contributed by atoms with Crippen molar-refractivity contribution in [1.82, 2.24) is 9.97 Å². The summed E-state index contributed by atoms with van der Waals surface area (Å²) < 4.78 is 5.33. The molecule has 0 unspecified atom stereocenters. The standard InChI is InChI=1S/C12H9N3O5/c1-7-11(14-6-5-13-7)20-9-4-2-3-8(15(18)19)10(9)12(16)17/h2-6H,1H3,(H,16,17). The van der Waals surface area contributed by atoms with E-state index in [-0.39, 0.29) is 11.6 Å². The number of ether oxygens (including phenoxy) is 1. The first kappa shape index (κ1) is 13.4. The number of aromatic nitrogens is 2. The molecule has 1 N–H and O–H groups in total. The maximum absolute atomic E-state index is 11.2. The van der Waals surface area contributed by atoms with Crippen molar-refractivity contribution in [2.45, 2.75) is 6.92 Å². The monoisotopic (exact) mass is 275 g/mol. The number of rotatable bonds is 4. The number of carbonyl (C=O) groups is 1. The van der Waals surface area contributed by atoms with Gasteiger partial charge in [-0.05, 0) is 13.0 Å². The van der Waals surface area contributed by atoms with Gasteiger partial charge in [0.1, 0.15) is 0 Å². The van der Waals surface area contributed by atoms with Crippen molar-refractivity contribution in [3.05, 3.63) is 52.0 Å². The van der Waals surface area contributed by atoms with Crippen molar-refractivity contribution in [2.75, 3.05) is 0 Å². The first-order valence-corrected chi connectivity index (χ1v) is 5.47. The molecule has 8 nitrogen and oxygen atoms in total. The van der Waals surface area contributed by atoms with Crippen molar-refractivity contribution in [3.63, 3.8) is 0 Å². The highest BCUT2D eigenvalue weighted by Gasteiger charge is 2.25. The van der Waals surface area contributed by atoms with Crippen LogP contribution >= 0.6 is 0 Å². The van der Waals surface area contributed by atoms with Crippen LogP contribution in [0.2, 0.25) is 0 Å². The molecule has 0 atom stereocenters. The van der Waals surface area contributed by atoms with Crippen LogP contribution in [0.1, 0.15) is 16.1 Å². The average molecular weight is 275 g/mol. The van der Waals surface area contributed by atoms with Crippen LogP contribution in [-0.2, 0) is 0 Å². The van der Waals surface area contributed by atoms with Gasteiger partial charge in [-0.25, -0.2) is 9.78 Å². The zero-order valence-electron chi connectivity index (χ0n) is 10.3. The van der Waals surface area contributed by atoms with Crippen molar-refractivity contribution in [2.24, 2.45) is 0 Å². The Hall–Kier alpha value is -3.03. The molecule has 0 saturated carbocycles. The molecule has 0 bridgehead atoms. The first-order valence-electron chi connectivity index (χ1n) is 5.47. The molecule has 0 aliphatic carbocycles. The number of carboxylic acids is 1. The molecule has 0 aliphatic heterocycles. The lowest BCUT2D eigenvalue weighted by molar-refractivity contribution is -0.385. The average Bonchev–Trinajstić information content (AvgIpc) is 2.40. The van der Waals surface area contributed by atoms with E-state index >= 15 is 0 Å². The minimum Gasteiger partial charge on any atom is -0.477 e. The van der Waals surface area contributed by atoms with Gasteiger partial charge in [-0.15, -0.1) is 0 Å². The summed E-state index contributed by atoms with van der Waals surface area (Å²) >= 11 is 0. The molecular weight excluding hydrogens is 266 g/mol. The summed E-state index contributed by atoms with van der Waals surface area (Å²) in [5, 5.41) is 20.0. The van der Waals surface area contributed by atoms with Gasteiger partial charge in [-0.2, -0.15) is 0 Å². The van der Waals surface area contributed by atoms with Gasteiger partial charge >= 0.3 is 5.97 Å². The quantitative estimate of drug-likeness (QED) is 0.671. The zero-order valence-corrected chi connectivity index (χ0v) is 10.3. The summed E-state index contributed by atoms with van der Waals surface area (Å²) in [6, 6.07) is 3.76. The SMILES string of the molecule is Cc1nccnc1Oc1cccc([N+](=O)[O-])c1C(=O)O. The normalized spacial score (nSPS) is 10.1. The number of nitro groups is 1. The zero-order chi connectivity index (χ0) is 14.7. The minimum atomic E-state index is -1.45. The molecule has 0 spiro atoms. The molecule has 2 aromatic rings. The molecule has 0 amide bonds. The van der Waals surface area contributed by atoms with E-state index in [9.17, 15) is 14.9 Å². The molecule has 0 radical (unpaired) electrons. The van der Waals surface area contributed by atoms with Gasteiger partial charge in [0.05, 0.1) is 10.6 Å². The molecule has 1 aromatic carbocycles. The number of carboxylic acid groups (broad SMARTS) is 1. The Morgan fingerprint density at radius 3 is 2.65 bits per heavy atom. The topological polar surface area (TPSA) is 115 Å². The molecule has 20 heavy (non-hydrogen) atoms. The predicted octanol–water partition coefficient (Wildman–Crippen LogP) is 2.18. The van der Waals surface area contributed by atoms with Gasteiger partial charge < -0.3 is 9.84 Å². The van der Waals surface area contributed by atoms with Crippen molar-refractivity contribution < 1.29 is 19.6 Å². The van der Waals surface area contributed by atoms with E-state index in [1.54, 1.807) is 6.92 Å². The summed E-state index contributed by atoms with van der Waals surface area (Å²) in [5.41, 5.74) is -0.630. The Morgan fingerprint density at radius 1 is 1.35 bits per heavy atom. The molecule has 102 valence electrons. The lowest BCUT2D eigenvalue weighted by atomic mass is 10.1. The van der Waals surface area contributed by atoms with Crippen LogP contribution < -0.4 is 4.74 Å². The molecule has 0 fully saturated rings. The fraction of sp³-hybridized carbons (Fsp3) is 0.0833. The van der Waals surface area contributed by atoms with Crippen LogP contribution in [0.15, 0.2) is 30.6 Å². The summed E-state index contributed by atoms with van der Waals surface area (Å²) in [5.74, 6) is -1.51. The van der Waals surface area contributed by atoms with Gasteiger partial charge in [-0.3, -0.25) is 15.1 Å². The van der Waals surface area contributed by atoms with Crippen LogP contribution in [0.3, 0.4) is 0 Å². The maximum atomic E-state index is 11.2. The van der Waals surface area contributed by atoms with Gasteiger partial charge in [0.2, 0.25) is 5.88 Å². The van der Waals surface area contributed by atoms with Crippen LogP contribution in [0, 0.1) is 17.0 Å². The van der Waals surface area contributed by atoms with E-state index in [4.69, 9.17) is 9.84 Å². The lowest BCUT2D eigenvalue weighted by Gasteiger charge is -2.09. The molecule has 2 rings (SSSR count). The third-order valence-corrected chi connectivity index (χ3v) is 2.46. The second kappa shape index (κ2) is 5.31. The lowest BCUT2D eigenvalue weighted by Crippen LogP contribution is -2.06. The Morgan fingerprint density at radius 2 is 2.05 bits per heavy atom. The van der Waals surface area contributed by atoms with Gasteiger partial charge in [-0.1, -0.05) is 6.07 Å². The molecule has 8 heteroatoms. The largest absolute Gasteiger partial charge is 0.477 e. The van der Waals surface area contributed by atoms with E-state index < -0.39 is 22.1 Å². The first-order chi connectivity index (χ1) is 9.50. The second-order valence-electron chi connectivity index (χ2n) is 3.76. The summed E-state index contributed by atoms with van der Waals surface area (Å²) in [6.45, 7) is 1.63. The minimum absolute atomic E-state index is 0.0931. The van der Waals surface area contributed by atoms with Crippen molar-refractivity contribution in [3.8, 4) is 11.6 Å². The number of aromatic carboxylic acids is 1. The third-order valence-electron chi connectivity index (χ3n) is 2.46.